The molecule has 1 amide bonds. The number of rotatable bonds is 5. The summed E-state index contributed by atoms with van der Waals surface area (Å²) in [5.41, 5.74) is 2.23. The molecule has 96 valence electrons. The molecule has 0 bridgehead atoms. The first-order valence-electron chi connectivity index (χ1n) is 5.92. The van der Waals surface area contributed by atoms with Crippen molar-refractivity contribution in [2.45, 2.75) is 26.2 Å². The van der Waals surface area contributed by atoms with Crippen LogP contribution < -0.4 is 5.32 Å². The van der Waals surface area contributed by atoms with Gasteiger partial charge in [-0.2, -0.15) is 0 Å². The normalized spacial score (nSPS) is 10.8. The van der Waals surface area contributed by atoms with Gasteiger partial charge in [0.1, 0.15) is 5.52 Å². The molecule has 0 fully saturated rings. The second kappa shape index (κ2) is 5.87. The van der Waals surface area contributed by atoms with Gasteiger partial charge in [-0.3, -0.25) is 4.79 Å². The molecule has 1 N–H and O–H groups in total. The van der Waals surface area contributed by atoms with Crippen LogP contribution >= 0.6 is 11.6 Å². The summed E-state index contributed by atoms with van der Waals surface area (Å²) in [5.74, 6) is 1.22. The number of benzene rings is 1. The number of carbonyl (C=O) groups is 1. The molecule has 0 radical (unpaired) electrons. The molecule has 4 nitrogen and oxygen atoms in total. The second-order valence-electron chi connectivity index (χ2n) is 4.11. The van der Waals surface area contributed by atoms with E-state index in [4.69, 9.17) is 16.0 Å². The maximum atomic E-state index is 11.6. The summed E-state index contributed by atoms with van der Waals surface area (Å²) in [6.07, 6.45) is 2.15. The van der Waals surface area contributed by atoms with Crippen molar-refractivity contribution in [2.24, 2.45) is 0 Å². The van der Waals surface area contributed by atoms with Gasteiger partial charge in [0, 0.05) is 24.9 Å². The zero-order valence-corrected chi connectivity index (χ0v) is 11.0. The Morgan fingerprint density at radius 1 is 1.44 bits per heavy atom. The van der Waals surface area contributed by atoms with E-state index in [-0.39, 0.29) is 5.91 Å². The van der Waals surface area contributed by atoms with E-state index in [0.29, 0.717) is 18.2 Å². The van der Waals surface area contributed by atoms with Crippen LogP contribution in [0.4, 0.5) is 5.69 Å². The fourth-order valence-corrected chi connectivity index (χ4v) is 1.91. The molecule has 0 aliphatic carbocycles. The molecule has 0 spiro atoms. The van der Waals surface area contributed by atoms with Gasteiger partial charge in [-0.25, -0.2) is 4.98 Å². The van der Waals surface area contributed by atoms with Crippen molar-refractivity contribution in [3.8, 4) is 0 Å². The van der Waals surface area contributed by atoms with Crippen LogP contribution in [-0.4, -0.2) is 16.8 Å². The predicted molar refractivity (Wildman–Crippen MR) is 71.9 cm³/mol. The van der Waals surface area contributed by atoms with E-state index in [9.17, 15) is 4.79 Å². The average molecular weight is 267 g/mol. The molecule has 2 aromatic rings. The predicted octanol–water partition coefficient (Wildman–Crippen LogP) is 3.48. The van der Waals surface area contributed by atoms with Crippen LogP contribution in [0.2, 0.25) is 0 Å². The molecule has 0 saturated heterocycles. The zero-order chi connectivity index (χ0) is 13.0. The summed E-state index contributed by atoms with van der Waals surface area (Å²) in [6, 6.07) is 5.43. The third-order valence-corrected chi connectivity index (χ3v) is 2.83. The molecule has 0 aliphatic rings. The van der Waals surface area contributed by atoms with Crippen molar-refractivity contribution < 1.29 is 9.21 Å². The third-order valence-electron chi connectivity index (χ3n) is 2.57. The highest BCUT2D eigenvalue weighted by Gasteiger charge is 2.06. The summed E-state index contributed by atoms with van der Waals surface area (Å²) in [5, 5.41) is 2.84. The van der Waals surface area contributed by atoms with Crippen LogP contribution in [0.25, 0.3) is 11.1 Å². The number of alkyl halides is 1. The fraction of sp³-hybridized carbons (Fsp3) is 0.385. The number of carbonyl (C=O) groups excluding carboxylic acids is 1. The lowest BCUT2D eigenvalue weighted by Crippen LogP contribution is -2.10. The Morgan fingerprint density at radius 3 is 3.06 bits per heavy atom. The van der Waals surface area contributed by atoms with E-state index in [1.807, 2.05) is 18.2 Å². The summed E-state index contributed by atoms with van der Waals surface area (Å²) in [4.78, 5) is 15.9. The van der Waals surface area contributed by atoms with E-state index in [0.717, 1.165) is 29.6 Å². The van der Waals surface area contributed by atoms with Gasteiger partial charge in [0.2, 0.25) is 5.91 Å². The van der Waals surface area contributed by atoms with E-state index < -0.39 is 0 Å². The number of oxazole rings is 1. The highest BCUT2D eigenvalue weighted by molar-refractivity contribution is 6.17. The standard InChI is InChI=1S/C13H15ClN2O2/c1-9-15-11-8-10(5-6-12(11)18-9)16-13(17)4-2-3-7-14/h5-6,8H,2-4,7H2,1H3,(H,16,17). The van der Waals surface area contributed by atoms with Crippen molar-refractivity contribution in [1.82, 2.24) is 4.98 Å². The van der Waals surface area contributed by atoms with Crippen molar-refractivity contribution >= 4 is 34.3 Å². The number of fused-ring (bicyclic) bond motifs is 1. The number of aromatic nitrogens is 1. The van der Waals surface area contributed by atoms with Crippen LogP contribution in [-0.2, 0) is 4.79 Å². The van der Waals surface area contributed by atoms with Crippen molar-refractivity contribution in [3.05, 3.63) is 24.1 Å². The van der Waals surface area contributed by atoms with Gasteiger partial charge in [-0.1, -0.05) is 0 Å². The molecule has 1 aromatic carbocycles. The number of halogens is 1. The lowest BCUT2D eigenvalue weighted by atomic mass is 10.2. The average Bonchev–Trinajstić information content (AvgIpc) is 2.69. The largest absolute Gasteiger partial charge is 0.441 e. The maximum Gasteiger partial charge on any atom is 0.224 e. The summed E-state index contributed by atoms with van der Waals surface area (Å²) in [6.45, 7) is 1.80. The fourth-order valence-electron chi connectivity index (χ4n) is 1.72. The molecule has 2 rings (SSSR count). The summed E-state index contributed by atoms with van der Waals surface area (Å²) >= 11 is 5.56. The molecule has 5 heteroatoms. The van der Waals surface area contributed by atoms with Gasteiger partial charge < -0.3 is 9.73 Å². The minimum absolute atomic E-state index is 0.000293. The number of aryl methyl sites for hydroxylation is 1. The lowest BCUT2D eigenvalue weighted by Gasteiger charge is -2.04. The van der Waals surface area contributed by atoms with E-state index in [1.165, 1.54) is 0 Å². The topological polar surface area (TPSA) is 55.1 Å². The van der Waals surface area contributed by atoms with Crippen LogP contribution in [0.15, 0.2) is 22.6 Å². The zero-order valence-electron chi connectivity index (χ0n) is 10.2. The summed E-state index contributed by atoms with van der Waals surface area (Å²) in [7, 11) is 0. The molecule has 1 heterocycles. The Balaban J connectivity index is 2.00. The number of amides is 1. The van der Waals surface area contributed by atoms with E-state index in [1.54, 1.807) is 6.92 Å². The van der Waals surface area contributed by atoms with Gasteiger partial charge >= 0.3 is 0 Å². The number of nitrogens with one attached hydrogen (secondary N) is 1. The Bertz CT molecular complexity index is 551. The number of hydrogen-bond donors (Lipinski definition) is 1. The SMILES string of the molecule is Cc1nc2cc(NC(=O)CCCCCl)ccc2o1. The molecule has 0 unspecified atom stereocenters. The van der Waals surface area contributed by atoms with Gasteiger partial charge in [-0.15, -0.1) is 11.6 Å². The Hall–Kier alpha value is -1.55. The first-order valence-corrected chi connectivity index (χ1v) is 6.45. The van der Waals surface area contributed by atoms with Crippen LogP contribution in [0.1, 0.15) is 25.2 Å². The number of hydrogen-bond acceptors (Lipinski definition) is 3. The number of anilines is 1. The molecule has 0 aliphatic heterocycles. The Labute approximate surface area is 110 Å². The van der Waals surface area contributed by atoms with Crippen molar-refractivity contribution in [3.63, 3.8) is 0 Å². The molecular formula is C13H15ClN2O2. The second-order valence-corrected chi connectivity index (χ2v) is 4.49. The van der Waals surface area contributed by atoms with Gasteiger partial charge in [-0.05, 0) is 31.0 Å². The quantitative estimate of drug-likeness (QED) is 0.666. The molecule has 1 aromatic heterocycles. The molecular weight excluding hydrogens is 252 g/mol. The minimum atomic E-state index is -0.000293. The summed E-state index contributed by atoms with van der Waals surface area (Å²) < 4.78 is 5.37. The first-order chi connectivity index (χ1) is 8.69. The highest BCUT2D eigenvalue weighted by atomic mass is 35.5. The van der Waals surface area contributed by atoms with Crippen LogP contribution in [0, 0.1) is 6.92 Å². The number of unbranched alkanes of at least 4 members (excludes halogenated alkanes) is 1. The lowest BCUT2D eigenvalue weighted by molar-refractivity contribution is -0.116. The van der Waals surface area contributed by atoms with Crippen LogP contribution in [0.3, 0.4) is 0 Å². The van der Waals surface area contributed by atoms with Crippen molar-refractivity contribution in [2.75, 3.05) is 11.2 Å². The molecule has 0 saturated carbocycles. The highest BCUT2D eigenvalue weighted by Crippen LogP contribution is 2.19. The Kier molecular flexibility index (Phi) is 4.20. The van der Waals surface area contributed by atoms with Gasteiger partial charge in [0.25, 0.3) is 0 Å². The smallest absolute Gasteiger partial charge is 0.224 e. The maximum absolute atomic E-state index is 11.6. The Morgan fingerprint density at radius 2 is 2.28 bits per heavy atom. The monoisotopic (exact) mass is 266 g/mol. The first kappa shape index (κ1) is 12.9. The van der Waals surface area contributed by atoms with Crippen molar-refractivity contribution in [1.29, 1.82) is 0 Å². The third kappa shape index (κ3) is 3.23. The van der Waals surface area contributed by atoms with Gasteiger partial charge in [0.15, 0.2) is 11.5 Å². The van der Waals surface area contributed by atoms with Gasteiger partial charge in [0.05, 0.1) is 0 Å². The van der Waals surface area contributed by atoms with Crippen LogP contribution in [0.5, 0.6) is 0 Å². The molecule has 0 atom stereocenters. The van der Waals surface area contributed by atoms with E-state index >= 15 is 0 Å². The number of nitrogens with zero attached hydrogens (tertiary/aromatic N) is 1. The minimum Gasteiger partial charge on any atom is -0.441 e. The van der Waals surface area contributed by atoms with E-state index in [2.05, 4.69) is 10.3 Å². The molecule has 18 heavy (non-hydrogen) atoms.